The Bertz CT molecular complexity index is 330. The van der Waals surface area contributed by atoms with Crippen LogP contribution in [0.1, 0.15) is 24.4 Å². The predicted octanol–water partition coefficient (Wildman–Crippen LogP) is 1.89. The molecule has 0 aromatic heterocycles. The van der Waals surface area contributed by atoms with Gasteiger partial charge in [0, 0.05) is 0 Å². The Kier molecular flexibility index (Phi) is 2.90. The van der Waals surface area contributed by atoms with Crippen molar-refractivity contribution in [3.63, 3.8) is 0 Å². The summed E-state index contributed by atoms with van der Waals surface area (Å²) in [6, 6.07) is 8.05. The molecule has 0 saturated heterocycles. The Labute approximate surface area is 89.4 Å². The van der Waals surface area contributed by atoms with E-state index in [4.69, 9.17) is 4.74 Å². The van der Waals surface area contributed by atoms with Gasteiger partial charge in [0.15, 0.2) is 0 Å². The Morgan fingerprint density at radius 1 is 1.40 bits per heavy atom. The SMILES string of the molecule is COc1ccc(C(NC=O)C2CC2)cc1. The Hall–Kier alpha value is -1.51. The summed E-state index contributed by atoms with van der Waals surface area (Å²) in [5, 5.41) is 2.88. The van der Waals surface area contributed by atoms with Crippen molar-refractivity contribution in [3.05, 3.63) is 29.8 Å². The van der Waals surface area contributed by atoms with E-state index in [9.17, 15) is 4.79 Å². The van der Waals surface area contributed by atoms with Crippen molar-refractivity contribution in [2.45, 2.75) is 18.9 Å². The van der Waals surface area contributed by atoms with Crippen LogP contribution < -0.4 is 10.1 Å². The Balaban J connectivity index is 2.14. The molecule has 1 aliphatic rings. The second kappa shape index (κ2) is 4.34. The second-order valence-corrected chi connectivity index (χ2v) is 3.87. The molecule has 0 aliphatic heterocycles. The highest BCUT2D eigenvalue weighted by atomic mass is 16.5. The van der Waals surface area contributed by atoms with Crippen LogP contribution in [-0.2, 0) is 4.79 Å². The molecule has 1 aromatic carbocycles. The van der Waals surface area contributed by atoms with Gasteiger partial charge in [0.25, 0.3) is 0 Å². The average molecular weight is 205 g/mol. The summed E-state index contributed by atoms with van der Waals surface area (Å²) in [6.07, 6.45) is 3.20. The van der Waals surface area contributed by atoms with Crippen molar-refractivity contribution in [2.24, 2.45) is 5.92 Å². The van der Waals surface area contributed by atoms with Crippen molar-refractivity contribution in [1.29, 1.82) is 0 Å². The van der Waals surface area contributed by atoms with Crippen LogP contribution in [0.25, 0.3) is 0 Å². The molecule has 2 rings (SSSR count). The highest BCUT2D eigenvalue weighted by Gasteiger charge is 2.31. The predicted molar refractivity (Wildman–Crippen MR) is 57.7 cm³/mol. The molecule has 3 nitrogen and oxygen atoms in total. The van der Waals surface area contributed by atoms with E-state index in [2.05, 4.69) is 5.32 Å². The van der Waals surface area contributed by atoms with E-state index in [1.807, 2.05) is 24.3 Å². The Morgan fingerprint density at radius 2 is 2.07 bits per heavy atom. The second-order valence-electron chi connectivity index (χ2n) is 3.87. The number of amides is 1. The van der Waals surface area contributed by atoms with Crippen molar-refractivity contribution in [1.82, 2.24) is 5.32 Å². The molecule has 1 atom stereocenters. The molecule has 1 N–H and O–H groups in total. The summed E-state index contributed by atoms with van der Waals surface area (Å²) in [4.78, 5) is 10.5. The third-order valence-corrected chi connectivity index (χ3v) is 2.82. The van der Waals surface area contributed by atoms with E-state index < -0.39 is 0 Å². The monoisotopic (exact) mass is 205 g/mol. The highest BCUT2D eigenvalue weighted by molar-refractivity contribution is 5.48. The van der Waals surface area contributed by atoms with Crippen LogP contribution in [-0.4, -0.2) is 13.5 Å². The smallest absolute Gasteiger partial charge is 0.207 e. The van der Waals surface area contributed by atoms with Crippen molar-refractivity contribution < 1.29 is 9.53 Å². The topological polar surface area (TPSA) is 38.3 Å². The molecule has 1 aromatic rings. The van der Waals surface area contributed by atoms with Crippen molar-refractivity contribution in [3.8, 4) is 5.75 Å². The zero-order valence-corrected chi connectivity index (χ0v) is 8.77. The number of methoxy groups -OCH3 is 1. The van der Waals surface area contributed by atoms with Crippen molar-refractivity contribution in [2.75, 3.05) is 7.11 Å². The number of hydrogen-bond donors (Lipinski definition) is 1. The first-order valence-electron chi connectivity index (χ1n) is 5.19. The molecule has 80 valence electrons. The summed E-state index contributed by atoms with van der Waals surface area (Å²) in [6.45, 7) is 0. The van der Waals surface area contributed by atoms with Crippen LogP contribution in [0.15, 0.2) is 24.3 Å². The molecule has 0 spiro atoms. The standard InChI is InChI=1S/C12H15NO2/c1-15-11-6-4-10(5-7-11)12(13-8-14)9-2-3-9/h4-9,12H,2-3H2,1H3,(H,13,14). The molecule has 1 unspecified atom stereocenters. The maximum absolute atomic E-state index is 10.5. The van der Waals surface area contributed by atoms with Gasteiger partial charge in [0.1, 0.15) is 5.75 Å². The van der Waals surface area contributed by atoms with Gasteiger partial charge in [-0.3, -0.25) is 4.79 Å². The minimum Gasteiger partial charge on any atom is -0.497 e. The normalized spacial score (nSPS) is 16.9. The molecular formula is C12H15NO2. The van der Waals surface area contributed by atoms with E-state index in [-0.39, 0.29) is 6.04 Å². The van der Waals surface area contributed by atoms with E-state index in [1.54, 1.807) is 7.11 Å². The minimum absolute atomic E-state index is 0.174. The molecule has 1 fully saturated rings. The lowest BCUT2D eigenvalue weighted by molar-refractivity contribution is -0.110. The van der Waals surface area contributed by atoms with Crippen molar-refractivity contribution >= 4 is 6.41 Å². The number of benzene rings is 1. The summed E-state index contributed by atoms with van der Waals surface area (Å²) >= 11 is 0. The average Bonchev–Trinajstić information content (AvgIpc) is 3.10. The van der Waals surface area contributed by atoms with E-state index in [1.165, 1.54) is 12.8 Å². The molecule has 0 bridgehead atoms. The van der Waals surface area contributed by atoms with Gasteiger partial charge < -0.3 is 10.1 Å². The highest BCUT2D eigenvalue weighted by Crippen LogP contribution is 2.40. The summed E-state index contributed by atoms with van der Waals surface area (Å²) < 4.78 is 5.10. The third kappa shape index (κ3) is 2.29. The van der Waals surface area contributed by atoms with Crippen LogP contribution in [0.3, 0.4) is 0 Å². The van der Waals surface area contributed by atoms with Crippen LogP contribution in [0.2, 0.25) is 0 Å². The van der Waals surface area contributed by atoms with Crippen LogP contribution >= 0.6 is 0 Å². The maximum Gasteiger partial charge on any atom is 0.207 e. The largest absolute Gasteiger partial charge is 0.497 e. The maximum atomic E-state index is 10.5. The third-order valence-electron chi connectivity index (χ3n) is 2.82. The Morgan fingerprint density at radius 3 is 2.53 bits per heavy atom. The van der Waals surface area contributed by atoms with E-state index in [0.29, 0.717) is 5.92 Å². The summed E-state index contributed by atoms with van der Waals surface area (Å²) in [5.41, 5.74) is 1.16. The fraction of sp³-hybridized carbons (Fsp3) is 0.417. The molecular weight excluding hydrogens is 190 g/mol. The fourth-order valence-corrected chi connectivity index (χ4v) is 1.82. The number of nitrogens with one attached hydrogen (secondary N) is 1. The van der Waals surface area contributed by atoms with E-state index >= 15 is 0 Å². The fourth-order valence-electron chi connectivity index (χ4n) is 1.82. The lowest BCUT2D eigenvalue weighted by atomic mass is 10.0. The van der Waals surface area contributed by atoms with Gasteiger partial charge in [-0.05, 0) is 36.5 Å². The van der Waals surface area contributed by atoms with Gasteiger partial charge in [-0.25, -0.2) is 0 Å². The molecule has 0 heterocycles. The first kappa shape index (κ1) is 10.0. The number of carbonyl (C=O) groups excluding carboxylic acids is 1. The van der Waals surface area contributed by atoms with Crippen LogP contribution in [0, 0.1) is 5.92 Å². The van der Waals surface area contributed by atoms with Crippen LogP contribution in [0.4, 0.5) is 0 Å². The van der Waals surface area contributed by atoms with Gasteiger partial charge in [-0.1, -0.05) is 12.1 Å². The molecule has 3 heteroatoms. The molecule has 15 heavy (non-hydrogen) atoms. The van der Waals surface area contributed by atoms with Gasteiger partial charge in [0.05, 0.1) is 13.2 Å². The summed E-state index contributed by atoms with van der Waals surface area (Å²) in [7, 11) is 1.65. The van der Waals surface area contributed by atoms with Gasteiger partial charge >= 0.3 is 0 Å². The quantitative estimate of drug-likeness (QED) is 0.745. The molecule has 1 amide bonds. The number of hydrogen-bond acceptors (Lipinski definition) is 2. The van der Waals surface area contributed by atoms with Gasteiger partial charge in [-0.15, -0.1) is 0 Å². The van der Waals surface area contributed by atoms with E-state index in [0.717, 1.165) is 17.7 Å². The first-order valence-corrected chi connectivity index (χ1v) is 5.19. The molecule has 1 saturated carbocycles. The van der Waals surface area contributed by atoms with Crippen LogP contribution in [0.5, 0.6) is 5.75 Å². The zero-order chi connectivity index (χ0) is 10.7. The summed E-state index contributed by atoms with van der Waals surface area (Å²) in [5.74, 6) is 1.46. The van der Waals surface area contributed by atoms with Gasteiger partial charge in [-0.2, -0.15) is 0 Å². The first-order chi connectivity index (χ1) is 7.35. The molecule has 1 aliphatic carbocycles. The number of rotatable bonds is 5. The lowest BCUT2D eigenvalue weighted by Gasteiger charge is -2.15. The number of ether oxygens (including phenoxy) is 1. The van der Waals surface area contributed by atoms with Gasteiger partial charge in [0.2, 0.25) is 6.41 Å². The minimum atomic E-state index is 0.174. The lowest BCUT2D eigenvalue weighted by Crippen LogP contribution is -2.21. The number of carbonyl (C=O) groups is 1. The molecule has 0 radical (unpaired) electrons. The zero-order valence-electron chi connectivity index (χ0n) is 8.77.